The molecule has 1 unspecified atom stereocenters. The maximum Gasteiger partial charge on any atom is 0.250 e. The molecule has 0 bridgehead atoms. The van der Waals surface area contributed by atoms with Crippen LogP contribution in [-0.2, 0) is 45.2 Å². The van der Waals surface area contributed by atoms with E-state index in [0.29, 0.717) is 45.8 Å². The van der Waals surface area contributed by atoms with Crippen molar-refractivity contribution in [3.63, 3.8) is 0 Å². The second kappa shape index (κ2) is 20.1. The average molecular weight is 839 g/mol. The molecule has 6 aromatic rings. The number of fused-ring (bicyclic) bond motifs is 2. The number of pyridine rings is 2. The van der Waals surface area contributed by atoms with E-state index in [4.69, 9.17) is 19.9 Å². The number of aromatic nitrogens is 2. The quantitative estimate of drug-likeness (QED) is 0.0838. The standard InChI is InChI=1S/C25H27N3O4.C23H23N3O4/c1-17-13-20(22-6-2-3-7-23(22)26-17)16-32-21-10-8-18(9-11-21)14-24(29)28-12-4-5-19(15-28)25(30)27-31;1-15-10-17(20-4-2-3-5-21(20)24-15)14-30-19-8-6-16(7-9-19)11-22(27)26-12-18(13-26)23(28)25-29/h2-3,6-11,13,19,31H,4-5,12,14-16H2,1H3,(H,27,30);2-10,18,29H,11-14H2,1H3,(H,25,28). The van der Waals surface area contributed by atoms with Gasteiger partial charge in [-0.25, -0.2) is 11.0 Å². The Labute approximate surface area is 359 Å². The zero-order valence-electron chi connectivity index (χ0n) is 34.8. The molecule has 0 radical (unpaired) electrons. The highest BCUT2D eigenvalue weighted by Crippen LogP contribution is 2.24. The van der Waals surface area contributed by atoms with Crippen LogP contribution in [0.4, 0.5) is 0 Å². The van der Waals surface area contributed by atoms with Crippen LogP contribution in [0.5, 0.6) is 11.5 Å². The fourth-order valence-electron chi connectivity index (χ4n) is 7.78. The van der Waals surface area contributed by atoms with E-state index < -0.39 is 11.8 Å². The van der Waals surface area contributed by atoms with E-state index in [1.165, 1.54) is 0 Å². The highest BCUT2D eigenvalue weighted by Gasteiger charge is 2.35. The minimum atomic E-state index is -0.447. The molecule has 8 rings (SSSR count). The van der Waals surface area contributed by atoms with E-state index in [1.807, 2.05) is 123 Å². The van der Waals surface area contributed by atoms with Crippen LogP contribution >= 0.6 is 0 Å². The van der Waals surface area contributed by atoms with Gasteiger partial charge in [0.05, 0.1) is 35.7 Å². The molecule has 4 heterocycles. The first-order valence-corrected chi connectivity index (χ1v) is 20.6. The van der Waals surface area contributed by atoms with Gasteiger partial charge in [0.1, 0.15) is 24.7 Å². The Bertz CT molecular complexity index is 2540. The van der Waals surface area contributed by atoms with Crippen LogP contribution in [-0.4, -0.2) is 80.0 Å². The Kier molecular flexibility index (Phi) is 14.0. The number of carbonyl (C=O) groups excluding carboxylic acids is 4. The highest BCUT2D eigenvalue weighted by atomic mass is 16.5. The van der Waals surface area contributed by atoms with Crippen LogP contribution in [0.3, 0.4) is 0 Å². The number of piperidine rings is 1. The number of amides is 4. The summed E-state index contributed by atoms with van der Waals surface area (Å²) in [4.78, 5) is 60.4. The molecule has 0 saturated carbocycles. The van der Waals surface area contributed by atoms with Gasteiger partial charge in [0.25, 0.3) is 0 Å². The molecular formula is C48H50N6O8. The summed E-state index contributed by atoms with van der Waals surface area (Å²) in [5.41, 5.74) is 11.1. The predicted molar refractivity (Wildman–Crippen MR) is 231 cm³/mol. The maximum absolute atomic E-state index is 12.7. The molecule has 2 aliphatic heterocycles. The summed E-state index contributed by atoms with van der Waals surface area (Å²) in [5.74, 6) is -0.161. The van der Waals surface area contributed by atoms with Gasteiger partial charge in [0.15, 0.2) is 0 Å². The molecule has 14 nitrogen and oxygen atoms in total. The Balaban J connectivity index is 0.000000187. The third-order valence-electron chi connectivity index (χ3n) is 11.2. The van der Waals surface area contributed by atoms with Gasteiger partial charge in [-0.15, -0.1) is 0 Å². The lowest BCUT2D eigenvalue weighted by atomic mass is 9.97. The molecule has 2 aromatic heterocycles. The van der Waals surface area contributed by atoms with Gasteiger partial charge in [-0.1, -0.05) is 60.7 Å². The van der Waals surface area contributed by atoms with Crippen LogP contribution in [0.15, 0.2) is 109 Å². The second-order valence-electron chi connectivity index (χ2n) is 15.7. The summed E-state index contributed by atoms with van der Waals surface area (Å²) in [6.07, 6.45) is 1.96. The van der Waals surface area contributed by atoms with Crippen LogP contribution < -0.4 is 20.4 Å². The van der Waals surface area contributed by atoms with Crippen molar-refractivity contribution in [3.8, 4) is 11.5 Å². The fraction of sp³-hybridized carbons (Fsp3) is 0.292. The fourth-order valence-corrected chi connectivity index (χ4v) is 7.78. The number of rotatable bonds is 12. The largest absolute Gasteiger partial charge is 0.489 e. The molecule has 2 saturated heterocycles. The number of benzene rings is 4. The van der Waals surface area contributed by atoms with Crippen molar-refractivity contribution in [3.05, 3.63) is 143 Å². The van der Waals surface area contributed by atoms with Crippen molar-refractivity contribution >= 4 is 45.4 Å². The van der Waals surface area contributed by atoms with E-state index in [9.17, 15) is 19.2 Å². The maximum atomic E-state index is 12.7. The van der Waals surface area contributed by atoms with Crippen molar-refractivity contribution in [1.82, 2.24) is 30.7 Å². The molecule has 14 heteroatoms. The monoisotopic (exact) mass is 838 g/mol. The van der Waals surface area contributed by atoms with Crippen LogP contribution in [0.1, 0.15) is 46.5 Å². The zero-order chi connectivity index (χ0) is 43.6. The number of nitrogens with one attached hydrogen (secondary N) is 2. The minimum absolute atomic E-state index is 0.0205. The van der Waals surface area contributed by atoms with Crippen molar-refractivity contribution in [2.24, 2.45) is 11.8 Å². The van der Waals surface area contributed by atoms with Crippen LogP contribution in [0.25, 0.3) is 21.8 Å². The number of carbonyl (C=O) groups is 4. The number of para-hydroxylation sites is 2. The normalized spacial score (nSPS) is 14.9. The number of hydrogen-bond acceptors (Lipinski definition) is 10. The Hall–Kier alpha value is -6.90. The molecule has 4 aromatic carbocycles. The van der Waals surface area contributed by atoms with E-state index in [1.54, 1.807) is 20.8 Å². The SMILES string of the molecule is Cc1cc(COc2ccc(CC(=O)N3CC(C(=O)NO)C3)cc2)c2ccccc2n1.Cc1cc(COc2ccc(CC(=O)N3CCCC(C(=O)NO)C3)cc2)c2ccccc2n1. The molecule has 4 N–H and O–H groups in total. The summed E-state index contributed by atoms with van der Waals surface area (Å²) in [5, 5.41) is 19.6. The number of hydroxylamine groups is 2. The Morgan fingerprint density at radius 2 is 1.05 bits per heavy atom. The summed E-state index contributed by atoms with van der Waals surface area (Å²) in [6, 6.07) is 35.1. The number of likely N-dealkylation sites (tertiary alicyclic amines) is 2. The molecule has 0 spiro atoms. The minimum Gasteiger partial charge on any atom is -0.489 e. The highest BCUT2D eigenvalue weighted by molar-refractivity contribution is 5.85. The topological polar surface area (TPSA) is 184 Å². The van der Waals surface area contributed by atoms with Gasteiger partial charge in [-0.3, -0.25) is 39.6 Å². The smallest absolute Gasteiger partial charge is 0.250 e. The molecule has 2 fully saturated rings. The number of aryl methyl sites for hydroxylation is 2. The molecule has 2 aliphatic rings. The van der Waals surface area contributed by atoms with Crippen LogP contribution in [0.2, 0.25) is 0 Å². The first kappa shape index (κ1) is 43.2. The number of nitrogens with zero attached hydrogens (tertiary/aromatic N) is 4. The van der Waals surface area contributed by atoms with E-state index >= 15 is 0 Å². The summed E-state index contributed by atoms with van der Waals surface area (Å²) in [6.45, 7) is 6.47. The van der Waals surface area contributed by atoms with Crippen molar-refractivity contribution in [2.75, 3.05) is 26.2 Å². The molecule has 62 heavy (non-hydrogen) atoms. The Morgan fingerprint density at radius 3 is 1.53 bits per heavy atom. The number of hydrogen-bond donors (Lipinski definition) is 4. The molecule has 4 amide bonds. The van der Waals surface area contributed by atoms with E-state index in [0.717, 1.165) is 73.4 Å². The lowest BCUT2D eigenvalue weighted by Gasteiger charge is -2.37. The molecule has 0 aliphatic carbocycles. The summed E-state index contributed by atoms with van der Waals surface area (Å²) >= 11 is 0. The lowest BCUT2D eigenvalue weighted by molar-refractivity contribution is -0.146. The van der Waals surface area contributed by atoms with Crippen molar-refractivity contribution in [2.45, 2.75) is 52.7 Å². The summed E-state index contributed by atoms with van der Waals surface area (Å²) < 4.78 is 11.9. The first-order valence-electron chi connectivity index (χ1n) is 20.6. The van der Waals surface area contributed by atoms with E-state index in [-0.39, 0.29) is 36.5 Å². The number of ether oxygens (including phenoxy) is 2. The third-order valence-corrected chi connectivity index (χ3v) is 11.2. The van der Waals surface area contributed by atoms with Gasteiger partial charge in [-0.2, -0.15) is 0 Å². The Morgan fingerprint density at radius 1 is 0.613 bits per heavy atom. The first-order chi connectivity index (χ1) is 30.1. The summed E-state index contributed by atoms with van der Waals surface area (Å²) in [7, 11) is 0. The predicted octanol–water partition coefficient (Wildman–Crippen LogP) is 6.04. The molecule has 1 atom stereocenters. The average Bonchev–Trinajstić information content (AvgIpc) is 3.27. The van der Waals surface area contributed by atoms with Crippen LogP contribution in [0, 0.1) is 25.7 Å². The molecule has 320 valence electrons. The van der Waals surface area contributed by atoms with Gasteiger partial charge in [0.2, 0.25) is 23.6 Å². The second-order valence-corrected chi connectivity index (χ2v) is 15.7. The molecular weight excluding hydrogens is 789 g/mol. The van der Waals surface area contributed by atoms with Crippen molar-refractivity contribution in [1.29, 1.82) is 0 Å². The van der Waals surface area contributed by atoms with Gasteiger partial charge < -0.3 is 19.3 Å². The third kappa shape index (κ3) is 10.9. The lowest BCUT2D eigenvalue weighted by Crippen LogP contribution is -2.55. The zero-order valence-corrected chi connectivity index (χ0v) is 34.8. The van der Waals surface area contributed by atoms with Gasteiger partial charge in [0, 0.05) is 59.5 Å². The van der Waals surface area contributed by atoms with Gasteiger partial charge >= 0.3 is 0 Å². The van der Waals surface area contributed by atoms with E-state index in [2.05, 4.69) is 9.97 Å². The van der Waals surface area contributed by atoms with Crippen molar-refractivity contribution < 1.29 is 39.1 Å². The van der Waals surface area contributed by atoms with Gasteiger partial charge in [-0.05, 0) is 86.3 Å².